The normalized spacial score (nSPS) is 21.9. The molecule has 0 amide bonds. The van der Waals surface area contributed by atoms with E-state index in [0.717, 1.165) is 25.7 Å². The molecule has 1 N–H and O–H groups in total. The van der Waals surface area contributed by atoms with Gasteiger partial charge in [-0.05, 0) is 44.9 Å². The lowest BCUT2D eigenvalue weighted by atomic mass is 10.1. The number of hydrogen-bond acceptors (Lipinski definition) is 4. The monoisotopic (exact) mass is 335 g/mol. The highest BCUT2D eigenvalue weighted by atomic mass is 16.6. The zero-order chi connectivity index (χ0) is 17.6. The lowest BCUT2D eigenvalue weighted by Crippen LogP contribution is -2.21. The quantitative estimate of drug-likeness (QED) is 0.301. The van der Waals surface area contributed by atoms with Crippen molar-refractivity contribution in [2.45, 2.75) is 83.0 Å². The van der Waals surface area contributed by atoms with Crippen molar-refractivity contribution in [3.63, 3.8) is 0 Å². The van der Waals surface area contributed by atoms with E-state index in [1.165, 1.54) is 19.3 Å². The van der Waals surface area contributed by atoms with E-state index in [-0.39, 0.29) is 18.6 Å². The molecule has 0 radical (unpaired) electrons. The summed E-state index contributed by atoms with van der Waals surface area (Å²) in [5.74, 6) is -0.999. The highest BCUT2D eigenvalue weighted by Crippen LogP contribution is 2.29. The third-order valence-corrected chi connectivity index (χ3v) is 3.99. The van der Waals surface area contributed by atoms with Crippen LogP contribution in [0, 0.1) is 0 Å². The Morgan fingerprint density at radius 3 is 2.62 bits per heavy atom. The number of epoxide rings is 1. The fourth-order valence-electron chi connectivity index (χ4n) is 2.49. The third kappa shape index (κ3) is 10.4. The summed E-state index contributed by atoms with van der Waals surface area (Å²) in [6.07, 6.45) is 19.5. The van der Waals surface area contributed by atoms with Crippen molar-refractivity contribution in [3.8, 4) is 0 Å². The maximum atomic E-state index is 10.2. The standard InChI is InChI=1S/C20H32O4/c1-2-3-4-5-9-12-15-18-20(24-18)17(21)14-11-8-6-7-10-13-16-19(22)23/h6-7,9,11-12,14,17-18,20-21H,2-5,8,10,13,15-16H2,1H3,(H,22,23)/p-1/b7-6-,12-9-,14-11-/t17-,18+,20+/m1/s1. The summed E-state index contributed by atoms with van der Waals surface area (Å²) in [5, 5.41) is 20.2. The lowest BCUT2D eigenvalue weighted by molar-refractivity contribution is -0.305. The molecule has 0 aliphatic carbocycles. The Morgan fingerprint density at radius 1 is 1.12 bits per heavy atom. The van der Waals surface area contributed by atoms with Gasteiger partial charge in [-0.1, -0.05) is 56.2 Å². The molecular weight excluding hydrogens is 304 g/mol. The van der Waals surface area contributed by atoms with Crippen LogP contribution in [0.25, 0.3) is 0 Å². The molecule has 1 saturated heterocycles. The summed E-state index contributed by atoms with van der Waals surface area (Å²) in [6, 6.07) is 0. The molecule has 0 aromatic heterocycles. The van der Waals surface area contributed by atoms with Crippen molar-refractivity contribution < 1.29 is 19.7 Å². The van der Waals surface area contributed by atoms with Crippen LogP contribution in [0.15, 0.2) is 36.5 Å². The van der Waals surface area contributed by atoms with Crippen molar-refractivity contribution >= 4 is 5.97 Å². The fourth-order valence-corrected chi connectivity index (χ4v) is 2.49. The minimum absolute atomic E-state index is 0.0754. The van der Waals surface area contributed by atoms with Gasteiger partial charge in [-0.3, -0.25) is 0 Å². The van der Waals surface area contributed by atoms with Crippen LogP contribution in [0.2, 0.25) is 0 Å². The SMILES string of the molecule is CCCCC/C=C\C[C@@H]1O[C@H]1[C@H](O)/C=C\C/C=C\CCCC(=O)[O-]. The average Bonchev–Trinajstić information content (AvgIpc) is 3.32. The van der Waals surface area contributed by atoms with E-state index < -0.39 is 12.1 Å². The second-order valence-electron chi connectivity index (χ2n) is 6.23. The molecule has 0 aromatic carbocycles. The molecule has 1 fully saturated rings. The van der Waals surface area contributed by atoms with Crippen LogP contribution in [-0.2, 0) is 9.53 Å². The van der Waals surface area contributed by atoms with Crippen molar-refractivity contribution in [1.82, 2.24) is 0 Å². The average molecular weight is 335 g/mol. The molecule has 4 heteroatoms. The van der Waals surface area contributed by atoms with Gasteiger partial charge in [0.1, 0.15) is 12.2 Å². The highest BCUT2D eigenvalue weighted by Gasteiger charge is 2.42. The number of aliphatic carboxylic acids is 1. The van der Waals surface area contributed by atoms with Gasteiger partial charge in [-0.25, -0.2) is 0 Å². The molecule has 0 saturated carbocycles. The van der Waals surface area contributed by atoms with Crippen LogP contribution in [0.5, 0.6) is 0 Å². The first kappa shape index (κ1) is 20.7. The Kier molecular flexibility index (Phi) is 11.2. The van der Waals surface area contributed by atoms with E-state index in [4.69, 9.17) is 4.74 Å². The summed E-state index contributed by atoms with van der Waals surface area (Å²) in [4.78, 5) is 10.2. The predicted octanol–water partition coefficient (Wildman–Crippen LogP) is 3.06. The summed E-state index contributed by atoms with van der Waals surface area (Å²) in [7, 11) is 0. The first-order valence-corrected chi connectivity index (χ1v) is 9.15. The predicted molar refractivity (Wildman–Crippen MR) is 94.3 cm³/mol. The molecule has 1 heterocycles. The first-order chi connectivity index (χ1) is 11.6. The smallest absolute Gasteiger partial charge is 0.114 e. The molecular formula is C20H31O4-. The fraction of sp³-hybridized carbons (Fsp3) is 0.650. The lowest BCUT2D eigenvalue weighted by Gasteiger charge is -1.99. The summed E-state index contributed by atoms with van der Waals surface area (Å²) < 4.78 is 5.51. The molecule has 0 bridgehead atoms. The maximum Gasteiger partial charge on any atom is 0.114 e. The number of carbonyl (C=O) groups excluding carboxylic acids is 1. The van der Waals surface area contributed by atoms with Crippen LogP contribution in [0.4, 0.5) is 0 Å². The Balaban J connectivity index is 2.04. The van der Waals surface area contributed by atoms with Gasteiger partial charge in [0.15, 0.2) is 0 Å². The number of carboxylic acids is 1. The number of carboxylic acid groups (broad SMARTS) is 1. The third-order valence-electron chi connectivity index (χ3n) is 3.99. The molecule has 24 heavy (non-hydrogen) atoms. The zero-order valence-electron chi connectivity index (χ0n) is 14.7. The molecule has 1 rings (SSSR count). The number of carbonyl (C=O) groups is 1. The van der Waals surface area contributed by atoms with Crippen LogP contribution >= 0.6 is 0 Å². The van der Waals surface area contributed by atoms with Crippen molar-refractivity contribution in [1.29, 1.82) is 0 Å². The Hall–Kier alpha value is -1.39. The number of allylic oxidation sites excluding steroid dienone is 4. The molecule has 0 spiro atoms. The van der Waals surface area contributed by atoms with Crippen molar-refractivity contribution in [2.24, 2.45) is 0 Å². The molecule has 3 atom stereocenters. The molecule has 4 nitrogen and oxygen atoms in total. The second-order valence-corrected chi connectivity index (χ2v) is 6.23. The van der Waals surface area contributed by atoms with Crippen LogP contribution < -0.4 is 5.11 Å². The number of ether oxygens (including phenoxy) is 1. The first-order valence-electron chi connectivity index (χ1n) is 9.15. The van der Waals surface area contributed by atoms with Gasteiger partial charge in [0.2, 0.25) is 0 Å². The molecule has 0 unspecified atom stereocenters. The molecule has 1 aliphatic rings. The molecule has 1 aliphatic heterocycles. The van der Waals surface area contributed by atoms with E-state index in [1.807, 2.05) is 18.2 Å². The van der Waals surface area contributed by atoms with Gasteiger partial charge in [-0.15, -0.1) is 0 Å². The van der Waals surface area contributed by atoms with E-state index in [0.29, 0.717) is 6.42 Å². The summed E-state index contributed by atoms with van der Waals surface area (Å²) in [5.41, 5.74) is 0. The molecule has 0 aromatic rings. The van der Waals surface area contributed by atoms with Gasteiger partial charge < -0.3 is 19.7 Å². The van der Waals surface area contributed by atoms with Crippen molar-refractivity contribution in [2.75, 3.05) is 0 Å². The van der Waals surface area contributed by atoms with Crippen LogP contribution in [0.1, 0.15) is 64.7 Å². The summed E-state index contributed by atoms with van der Waals surface area (Å²) in [6.45, 7) is 2.20. The van der Waals surface area contributed by atoms with Crippen LogP contribution in [0.3, 0.4) is 0 Å². The largest absolute Gasteiger partial charge is 0.550 e. The van der Waals surface area contributed by atoms with Gasteiger partial charge in [0.25, 0.3) is 0 Å². The summed E-state index contributed by atoms with van der Waals surface area (Å²) >= 11 is 0. The minimum Gasteiger partial charge on any atom is -0.550 e. The second kappa shape index (κ2) is 13.0. The number of unbranched alkanes of at least 4 members (excludes halogenated alkanes) is 4. The van der Waals surface area contributed by atoms with Crippen molar-refractivity contribution in [3.05, 3.63) is 36.5 Å². The van der Waals surface area contributed by atoms with Crippen LogP contribution in [-0.4, -0.2) is 29.4 Å². The number of aliphatic hydroxyl groups excluding tert-OH is 1. The molecule has 136 valence electrons. The maximum absolute atomic E-state index is 10.2. The van der Waals surface area contributed by atoms with Gasteiger partial charge in [0, 0.05) is 5.97 Å². The van der Waals surface area contributed by atoms with Gasteiger partial charge in [-0.2, -0.15) is 0 Å². The number of rotatable bonds is 14. The number of aliphatic hydroxyl groups is 1. The van der Waals surface area contributed by atoms with E-state index in [1.54, 1.807) is 6.08 Å². The number of hydrogen-bond donors (Lipinski definition) is 1. The Morgan fingerprint density at radius 2 is 1.88 bits per heavy atom. The Bertz CT molecular complexity index is 425. The van der Waals surface area contributed by atoms with E-state index in [2.05, 4.69) is 19.1 Å². The Labute approximate surface area is 145 Å². The topological polar surface area (TPSA) is 72.9 Å². The van der Waals surface area contributed by atoms with Gasteiger partial charge >= 0.3 is 0 Å². The van der Waals surface area contributed by atoms with E-state index >= 15 is 0 Å². The highest BCUT2D eigenvalue weighted by molar-refractivity contribution is 5.64. The van der Waals surface area contributed by atoms with E-state index in [9.17, 15) is 15.0 Å². The van der Waals surface area contributed by atoms with Gasteiger partial charge in [0.05, 0.1) is 6.10 Å². The minimum atomic E-state index is -0.999. The zero-order valence-corrected chi connectivity index (χ0v) is 14.7.